The zero-order valence-corrected chi connectivity index (χ0v) is 19.1. The number of anilines is 1. The molecule has 0 aliphatic heterocycles. The van der Waals surface area contributed by atoms with Crippen molar-refractivity contribution < 1.29 is 14.3 Å². The van der Waals surface area contributed by atoms with Gasteiger partial charge in [0.15, 0.2) is 5.78 Å². The third kappa shape index (κ3) is 3.25. The third-order valence-corrected chi connectivity index (χ3v) is 9.62. The molecule has 4 heteroatoms. The predicted molar refractivity (Wildman–Crippen MR) is 122 cm³/mol. The topological polar surface area (TPSA) is 55.4 Å². The molecule has 3 saturated carbocycles. The average Bonchev–Trinajstić information content (AvgIpc) is 3.11. The van der Waals surface area contributed by atoms with E-state index in [1.54, 1.807) is 7.11 Å². The van der Waals surface area contributed by atoms with Crippen LogP contribution in [-0.2, 0) is 9.59 Å². The second-order valence-electron chi connectivity index (χ2n) is 10.9. The fourth-order valence-corrected chi connectivity index (χ4v) is 7.92. The number of carbonyl (C=O) groups is 2. The summed E-state index contributed by atoms with van der Waals surface area (Å²) < 4.78 is 5.31. The molecule has 5 rings (SSSR count). The summed E-state index contributed by atoms with van der Waals surface area (Å²) in [7, 11) is 1.65. The van der Waals surface area contributed by atoms with Crippen LogP contribution >= 0.6 is 0 Å². The van der Waals surface area contributed by atoms with Crippen LogP contribution in [0.4, 0.5) is 5.69 Å². The Balaban J connectivity index is 1.36. The number of hydrogen-bond acceptors (Lipinski definition) is 3. The van der Waals surface area contributed by atoms with E-state index < -0.39 is 0 Å². The van der Waals surface area contributed by atoms with Crippen molar-refractivity contribution in [3.05, 3.63) is 35.9 Å². The van der Waals surface area contributed by atoms with E-state index in [2.05, 4.69) is 19.2 Å². The van der Waals surface area contributed by atoms with Crippen LogP contribution in [0.3, 0.4) is 0 Å². The molecule has 1 aromatic rings. The first-order valence-corrected chi connectivity index (χ1v) is 12.0. The van der Waals surface area contributed by atoms with Gasteiger partial charge in [-0.1, -0.05) is 25.5 Å². The number of ether oxygens (including phenoxy) is 1. The summed E-state index contributed by atoms with van der Waals surface area (Å²) in [5, 5.41) is 3.18. The SMILES string of the molecule is COc1cccc(NC(=O)[C@H]2CCC3C4CCC5=CC(=O)CC[C@]5(C)C4CC[C@@]32C)c1. The maximum absolute atomic E-state index is 13.4. The molecule has 166 valence electrons. The number of carbonyl (C=O) groups excluding carboxylic acids is 2. The lowest BCUT2D eigenvalue weighted by molar-refractivity contribution is -0.127. The first-order chi connectivity index (χ1) is 14.8. The molecule has 3 fully saturated rings. The quantitative estimate of drug-likeness (QED) is 0.673. The maximum Gasteiger partial charge on any atom is 0.228 e. The lowest BCUT2D eigenvalue weighted by atomic mass is 9.47. The van der Waals surface area contributed by atoms with Crippen LogP contribution in [0.15, 0.2) is 35.9 Å². The number of nitrogens with one attached hydrogen (secondary N) is 1. The maximum atomic E-state index is 13.4. The van der Waals surface area contributed by atoms with Crippen molar-refractivity contribution in [2.75, 3.05) is 12.4 Å². The Morgan fingerprint density at radius 2 is 1.90 bits per heavy atom. The third-order valence-electron chi connectivity index (χ3n) is 9.62. The lowest BCUT2D eigenvalue weighted by Crippen LogP contribution is -2.51. The molecule has 4 nitrogen and oxygen atoms in total. The highest BCUT2D eigenvalue weighted by molar-refractivity contribution is 5.93. The van der Waals surface area contributed by atoms with Crippen molar-refractivity contribution >= 4 is 17.4 Å². The van der Waals surface area contributed by atoms with Crippen LogP contribution in [0, 0.1) is 34.5 Å². The van der Waals surface area contributed by atoms with Gasteiger partial charge >= 0.3 is 0 Å². The summed E-state index contributed by atoms with van der Waals surface area (Å²) in [6.45, 7) is 4.81. The number of fused-ring (bicyclic) bond motifs is 5. The molecular formula is C27H35NO3. The second kappa shape index (κ2) is 7.50. The number of methoxy groups -OCH3 is 1. The molecule has 1 amide bonds. The first kappa shape index (κ1) is 20.8. The van der Waals surface area contributed by atoms with Crippen LogP contribution in [0.1, 0.15) is 65.2 Å². The molecule has 0 aromatic heterocycles. The highest BCUT2D eigenvalue weighted by Crippen LogP contribution is 2.66. The number of ketones is 1. The van der Waals surface area contributed by atoms with E-state index in [0.29, 0.717) is 30.0 Å². The average molecular weight is 422 g/mol. The molecule has 6 atom stereocenters. The van der Waals surface area contributed by atoms with E-state index >= 15 is 0 Å². The van der Waals surface area contributed by atoms with Crippen molar-refractivity contribution in [2.24, 2.45) is 34.5 Å². The number of amides is 1. The summed E-state index contributed by atoms with van der Waals surface area (Å²) >= 11 is 0. The Morgan fingerprint density at radius 1 is 1.06 bits per heavy atom. The Hall–Kier alpha value is -2.10. The molecule has 1 N–H and O–H groups in total. The highest BCUT2D eigenvalue weighted by atomic mass is 16.5. The molecule has 3 unspecified atom stereocenters. The van der Waals surface area contributed by atoms with Crippen LogP contribution < -0.4 is 10.1 Å². The standard InChI is InChI=1S/C27H35NO3/c1-26-13-11-19(29)15-17(26)7-8-21-22-9-10-24(27(22,2)14-12-23(21)26)25(30)28-18-5-4-6-20(16-18)31-3/h4-6,15-16,21-24H,7-14H2,1-3H3,(H,28,30)/t21?,22?,23?,24-,26+,27+/m1/s1. The van der Waals surface area contributed by atoms with Crippen LogP contribution in [0.5, 0.6) is 5.75 Å². The molecule has 1 aromatic carbocycles. The van der Waals surface area contributed by atoms with Gasteiger partial charge < -0.3 is 10.1 Å². The van der Waals surface area contributed by atoms with Gasteiger partial charge in [-0.2, -0.15) is 0 Å². The van der Waals surface area contributed by atoms with E-state index in [1.807, 2.05) is 30.3 Å². The van der Waals surface area contributed by atoms with E-state index in [9.17, 15) is 9.59 Å². The largest absolute Gasteiger partial charge is 0.497 e. The molecule has 31 heavy (non-hydrogen) atoms. The van der Waals surface area contributed by atoms with Crippen molar-refractivity contribution in [1.82, 2.24) is 0 Å². The molecule has 0 radical (unpaired) electrons. The number of allylic oxidation sites excluding steroid dienone is 1. The highest BCUT2D eigenvalue weighted by Gasteiger charge is 2.60. The van der Waals surface area contributed by atoms with Crippen LogP contribution in [-0.4, -0.2) is 18.8 Å². The van der Waals surface area contributed by atoms with Crippen molar-refractivity contribution in [1.29, 1.82) is 0 Å². The Labute approximate surface area is 185 Å². The minimum Gasteiger partial charge on any atom is -0.497 e. The van der Waals surface area contributed by atoms with Gasteiger partial charge in [0.1, 0.15) is 5.75 Å². The fourth-order valence-electron chi connectivity index (χ4n) is 7.92. The summed E-state index contributed by atoms with van der Waals surface area (Å²) in [5.74, 6) is 3.29. The molecule has 0 spiro atoms. The number of benzene rings is 1. The van der Waals surface area contributed by atoms with Gasteiger partial charge in [-0.15, -0.1) is 0 Å². The van der Waals surface area contributed by atoms with Gasteiger partial charge in [0.05, 0.1) is 7.11 Å². The van der Waals surface area contributed by atoms with Crippen molar-refractivity contribution in [3.8, 4) is 5.75 Å². The zero-order chi connectivity index (χ0) is 21.8. The van der Waals surface area contributed by atoms with E-state index in [4.69, 9.17) is 4.74 Å². The van der Waals surface area contributed by atoms with Gasteiger partial charge in [0.25, 0.3) is 0 Å². The Morgan fingerprint density at radius 3 is 2.71 bits per heavy atom. The molecule has 0 bridgehead atoms. The van der Waals surface area contributed by atoms with E-state index in [1.165, 1.54) is 18.4 Å². The van der Waals surface area contributed by atoms with Crippen LogP contribution in [0.25, 0.3) is 0 Å². The van der Waals surface area contributed by atoms with Crippen molar-refractivity contribution in [2.45, 2.75) is 65.2 Å². The normalized spacial score (nSPS) is 39.1. The smallest absolute Gasteiger partial charge is 0.228 e. The van der Waals surface area contributed by atoms with Gasteiger partial charge in [0, 0.05) is 24.1 Å². The Bertz CT molecular complexity index is 936. The van der Waals surface area contributed by atoms with E-state index in [-0.39, 0.29) is 22.7 Å². The van der Waals surface area contributed by atoms with Gasteiger partial charge in [-0.25, -0.2) is 0 Å². The summed E-state index contributed by atoms with van der Waals surface area (Å²) in [4.78, 5) is 25.4. The summed E-state index contributed by atoms with van der Waals surface area (Å²) in [6.07, 6.45) is 10.4. The minimum absolute atomic E-state index is 0.0716. The number of hydrogen-bond donors (Lipinski definition) is 1. The van der Waals surface area contributed by atoms with Crippen molar-refractivity contribution in [3.63, 3.8) is 0 Å². The summed E-state index contributed by atoms with van der Waals surface area (Å²) in [6, 6.07) is 7.65. The monoisotopic (exact) mass is 421 g/mol. The van der Waals surface area contributed by atoms with Crippen LogP contribution in [0.2, 0.25) is 0 Å². The second-order valence-corrected chi connectivity index (χ2v) is 10.9. The molecular weight excluding hydrogens is 386 g/mol. The molecule has 0 saturated heterocycles. The molecule has 4 aliphatic carbocycles. The molecule has 0 heterocycles. The Kier molecular flexibility index (Phi) is 5.02. The van der Waals surface area contributed by atoms with Gasteiger partial charge in [0.2, 0.25) is 5.91 Å². The fraction of sp³-hybridized carbons (Fsp3) is 0.630. The molecule has 4 aliphatic rings. The van der Waals surface area contributed by atoms with Gasteiger partial charge in [-0.3, -0.25) is 9.59 Å². The zero-order valence-electron chi connectivity index (χ0n) is 19.1. The first-order valence-electron chi connectivity index (χ1n) is 12.0. The predicted octanol–water partition coefficient (Wildman–Crippen LogP) is 5.78. The summed E-state index contributed by atoms with van der Waals surface area (Å²) in [5.41, 5.74) is 2.50. The number of rotatable bonds is 3. The minimum atomic E-state index is 0.0716. The lowest BCUT2D eigenvalue weighted by Gasteiger charge is -2.58. The van der Waals surface area contributed by atoms with E-state index in [0.717, 1.165) is 43.5 Å². The van der Waals surface area contributed by atoms with Gasteiger partial charge in [-0.05, 0) is 91.7 Å².